The molecule has 0 atom stereocenters. The van der Waals surface area contributed by atoms with Crippen LogP contribution in [0.25, 0.3) is 16.6 Å². The van der Waals surface area contributed by atoms with E-state index >= 15 is 0 Å². The molecule has 8 nitrogen and oxygen atoms in total. The number of halogens is 1. The van der Waals surface area contributed by atoms with Crippen LogP contribution in [0.3, 0.4) is 0 Å². The van der Waals surface area contributed by atoms with Gasteiger partial charge in [-0.25, -0.2) is 9.67 Å². The van der Waals surface area contributed by atoms with Gasteiger partial charge in [0.2, 0.25) is 11.7 Å². The predicted molar refractivity (Wildman–Crippen MR) is 109 cm³/mol. The molecular weight excluding hydrogens is 392 g/mol. The molecule has 0 aliphatic carbocycles. The van der Waals surface area contributed by atoms with Crippen molar-refractivity contribution < 1.29 is 9.59 Å². The zero-order valence-electron chi connectivity index (χ0n) is 15.4. The highest BCUT2D eigenvalue weighted by atomic mass is 35.5. The third-order valence-corrected chi connectivity index (χ3v) is 4.64. The Morgan fingerprint density at radius 3 is 2.66 bits per heavy atom. The highest BCUT2D eigenvalue weighted by molar-refractivity contribution is 6.30. The van der Waals surface area contributed by atoms with E-state index < -0.39 is 5.91 Å². The van der Waals surface area contributed by atoms with E-state index in [1.165, 1.54) is 4.68 Å². The molecule has 3 N–H and O–H groups in total. The van der Waals surface area contributed by atoms with Crippen LogP contribution in [0.2, 0.25) is 5.02 Å². The number of aromatic nitrogens is 4. The van der Waals surface area contributed by atoms with Gasteiger partial charge in [-0.2, -0.15) is 0 Å². The van der Waals surface area contributed by atoms with Gasteiger partial charge < -0.3 is 4.98 Å². The minimum absolute atomic E-state index is 0.0511. The minimum Gasteiger partial charge on any atom is -0.361 e. The van der Waals surface area contributed by atoms with Gasteiger partial charge in [0, 0.05) is 22.1 Å². The number of amides is 2. The zero-order valence-corrected chi connectivity index (χ0v) is 16.2. The predicted octanol–water partition coefficient (Wildman–Crippen LogP) is 2.71. The zero-order chi connectivity index (χ0) is 20.4. The first-order valence-electron chi connectivity index (χ1n) is 8.85. The number of fused-ring (bicyclic) bond motifs is 1. The van der Waals surface area contributed by atoms with E-state index in [-0.39, 0.29) is 18.2 Å². The summed E-state index contributed by atoms with van der Waals surface area (Å²) in [5.74, 6) is -0.475. The number of rotatable bonds is 4. The molecule has 2 amide bonds. The molecule has 29 heavy (non-hydrogen) atoms. The summed E-state index contributed by atoms with van der Waals surface area (Å²) in [6, 6.07) is 14.7. The molecule has 0 unspecified atom stereocenters. The van der Waals surface area contributed by atoms with Crippen molar-refractivity contribution in [3.63, 3.8) is 0 Å². The fourth-order valence-electron chi connectivity index (χ4n) is 2.99. The Morgan fingerprint density at radius 2 is 1.86 bits per heavy atom. The number of aryl methyl sites for hydroxylation is 1. The van der Waals surface area contributed by atoms with Crippen LogP contribution in [-0.2, 0) is 11.2 Å². The van der Waals surface area contributed by atoms with E-state index in [4.69, 9.17) is 11.6 Å². The second kappa shape index (κ2) is 7.76. The van der Waals surface area contributed by atoms with Crippen LogP contribution in [0.1, 0.15) is 22.0 Å². The van der Waals surface area contributed by atoms with Crippen LogP contribution in [0, 0.1) is 6.92 Å². The summed E-state index contributed by atoms with van der Waals surface area (Å²) in [6.07, 6.45) is 1.90. The number of nitrogens with zero attached hydrogens (tertiary/aromatic N) is 3. The van der Waals surface area contributed by atoms with Crippen LogP contribution in [0.15, 0.2) is 54.7 Å². The summed E-state index contributed by atoms with van der Waals surface area (Å²) in [7, 11) is 0. The molecule has 0 saturated heterocycles. The van der Waals surface area contributed by atoms with Crippen molar-refractivity contribution in [2.24, 2.45) is 0 Å². The quantitative estimate of drug-likeness (QED) is 0.451. The number of H-pyrrole nitrogens is 1. The Kier molecular flexibility index (Phi) is 5.01. The Labute approximate surface area is 170 Å². The molecule has 2 heterocycles. The first-order chi connectivity index (χ1) is 14.0. The molecule has 2 aromatic heterocycles. The lowest BCUT2D eigenvalue weighted by atomic mass is 10.1. The van der Waals surface area contributed by atoms with E-state index in [1.54, 1.807) is 37.4 Å². The summed E-state index contributed by atoms with van der Waals surface area (Å²) in [6.45, 7) is 1.73. The van der Waals surface area contributed by atoms with Gasteiger partial charge in [0.1, 0.15) is 5.82 Å². The summed E-state index contributed by atoms with van der Waals surface area (Å²) < 4.78 is 1.53. The fraction of sp³-hybridized carbons (Fsp3) is 0.100. The second-order valence-corrected chi connectivity index (χ2v) is 6.85. The first kappa shape index (κ1) is 18.7. The molecule has 146 valence electrons. The van der Waals surface area contributed by atoms with Crippen molar-refractivity contribution >= 4 is 34.3 Å². The Hall–Kier alpha value is -3.65. The summed E-state index contributed by atoms with van der Waals surface area (Å²) in [4.78, 5) is 31.8. The first-order valence-corrected chi connectivity index (χ1v) is 9.23. The Balaban J connectivity index is 1.40. The van der Waals surface area contributed by atoms with Crippen LogP contribution >= 0.6 is 11.6 Å². The normalized spacial score (nSPS) is 10.8. The molecular formula is C20H17ClN6O2. The maximum Gasteiger partial charge on any atom is 0.309 e. The van der Waals surface area contributed by atoms with Crippen LogP contribution in [-0.4, -0.2) is 31.6 Å². The lowest BCUT2D eigenvalue weighted by Gasteiger charge is -2.05. The highest BCUT2D eigenvalue weighted by Gasteiger charge is 2.16. The van der Waals surface area contributed by atoms with Gasteiger partial charge in [-0.05, 0) is 42.8 Å². The number of hydrazine groups is 1. The number of carbonyl (C=O) groups is 2. The molecule has 0 spiro atoms. The van der Waals surface area contributed by atoms with Crippen molar-refractivity contribution in [1.82, 2.24) is 30.6 Å². The molecule has 9 heteroatoms. The Bertz CT molecular complexity index is 1200. The molecule has 0 aliphatic rings. The SMILES string of the molecule is Cc1nc(C(=O)NNC(=O)Cc2c[nH]c3ccccc23)nn1-c1ccc(Cl)cc1. The maximum atomic E-state index is 12.3. The van der Waals surface area contributed by atoms with Crippen molar-refractivity contribution in [3.8, 4) is 5.69 Å². The number of benzene rings is 2. The number of nitrogens with one attached hydrogen (secondary N) is 3. The average Bonchev–Trinajstić information content (AvgIpc) is 3.31. The van der Waals surface area contributed by atoms with Crippen molar-refractivity contribution in [2.45, 2.75) is 13.3 Å². The molecule has 0 saturated carbocycles. The van der Waals surface area contributed by atoms with E-state index in [0.29, 0.717) is 10.8 Å². The van der Waals surface area contributed by atoms with Crippen LogP contribution in [0.4, 0.5) is 0 Å². The largest absolute Gasteiger partial charge is 0.361 e. The molecule has 4 rings (SSSR count). The number of para-hydroxylation sites is 1. The Morgan fingerprint density at radius 1 is 1.10 bits per heavy atom. The second-order valence-electron chi connectivity index (χ2n) is 6.41. The van der Waals surface area contributed by atoms with Gasteiger partial charge in [0.05, 0.1) is 12.1 Å². The third kappa shape index (κ3) is 3.97. The lowest BCUT2D eigenvalue weighted by molar-refractivity contribution is -0.121. The number of carbonyl (C=O) groups excluding carboxylic acids is 2. The standard InChI is InChI=1S/C20H17ClN6O2/c1-12-23-19(26-27(12)15-8-6-14(21)7-9-15)20(29)25-24-18(28)10-13-11-22-17-5-3-2-4-16(13)17/h2-9,11,22H,10H2,1H3,(H,24,28)(H,25,29). The van der Waals surface area contributed by atoms with Crippen molar-refractivity contribution in [3.05, 3.63) is 77.0 Å². The van der Waals surface area contributed by atoms with E-state index in [2.05, 4.69) is 25.9 Å². The van der Waals surface area contributed by atoms with Crippen LogP contribution < -0.4 is 10.9 Å². The number of hydrogen-bond acceptors (Lipinski definition) is 4. The minimum atomic E-state index is -0.604. The lowest BCUT2D eigenvalue weighted by Crippen LogP contribution is -2.42. The van der Waals surface area contributed by atoms with Crippen molar-refractivity contribution in [2.75, 3.05) is 0 Å². The number of aromatic amines is 1. The van der Waals surface area contributed by atoms with Gasteiger partial charge in [0.25, 0.3) is 0 Å². The van der Waals surface area contributed by atoms with Crippen LogP contribution in [0.5, 0.6) is 0 Å². The smallest absolute Gasteiger partial charge is 0.309 e. The summed E-state index contributed by atoms with van der Waals surface area (Å²) in [5.41, 5.74) is 7.27. The molecule has 0 bridgehead atoms. The van der Waals surface area contributed by atoms with Gasteiger partial charge >= 0.3 is 5.91 Å². The van der Waals surface area contributed by atoms with E-state index in [0.717, 1.165) is 22.2 Å². The molecule has 2 aromatic carbocycles. The monoisotopic (exact) mass is 408 g/mol. The van der Waals surface area contributed by atoms with E-state index in [9.17, 15) is 9.59 Å². The van der Waals surface area contributed by atoms with Gasteiger partial charge in [-0.1, -0.05) is 29.8 Å². The number of hydrogen-bond donors (Lipinski definition) is 3. The molecule has 4 aromatic rings. The molecule has 0 fully saturated rings. The molecule has 0 radical (unpaired) electrons. The maximum absolute atomic E-state index is 12.3. The topological polar surface area (TPSA) is 105 Å². The summed E-state index contributed by atoms with van der Waals surface area (Å²) in [5, 5.41) is 5.76. The van der Waals surface area contributed by atoms with E-state index in [1.807, 2.05) is 24.3 Å². The summed E-state index contributed by atoms with van der Waals surface area (Å²) >= 11 is 5.90. The third-order valence-electron chi connectivity index (χ3n) is 4.38. The average molecular weight is 409 g/mol. The van der Waals surface area contributed by atoms with Gasteiger partial charge in [0.15, 0.2) is 0 Å². The van der Waals surface area contributed by atoms with Gasteiger partial charge in [-0.3, -0.25) is 20.4 Å². The van der Waals surface area contributed by atoms with Gasteiger partial charge in [-0.15, -0.1) is 5.10 Å². The van der Waals surface area contributed by atoms with Crippen molar-refractivity contribution in [1.29, 1.82) is 0 Å². The highest BCUT2D eigenvalue weighted by Crippen LogP contribution is 2.18. The molecule has 0 aliphatic heterocycles. The fourth-order valence-corrected chi connectivity index (χ4v) is 3.12.